The third-order valence-corrected chi connectivity index (χ3v) is 5.73. The summed E-state index contributed by atoms with van der Waals surface area (Å²) in [5.41, 5.74) is 10.5. The Morgan fingerprint density at radius 1 is 0.811 bits per heavy atom. The zero-order chi connectivity index (χ0) is 27.0. The lowest BCUT2D eigenvalue weighted by Gasteiger charge is -2.13. The molecule has 3 aromatic carbocycles. The van der Waals surface area contributed by atoms with Gasteiger partial charge in [-0.2, -0.15) is 0 Å². The molecule has 0 fully saturated rings. The lowest BCUT2D eigenvalue weighted by Crippen LogP contribution is -2.13. The van der Waals surface area contributed by atoms with E-state index in [1.165, 1.54) is 17.2 Å². The maximum atomic E-state index is 6.41. The van der Waals surface area contributed by atoms with Gasteiger partial charge < -0.3 is 5.73 Å². The molecule has 2 heteroatoms. The SMILES string of the molecule is C=CCC.CC(C)/C=C/CC(C)C.NC(c1ccccc1)c1cccc(-c2cccc3ccccc23)n1. The minimum atomic E-state index is -0.221. The third kappa shape index (κ3) is 10.2. The van der Waals surface area contributed by atoms with Gasteiger partial charge in [0.05, 0.1) is 17.4 Å². The Balaban J connectivity index is 0.000000311. The van der Waals surface area contributed by atoms with Crippen molar-refractivity contribution in [3.63, 3.8) is 0 Å². The second-order valence-electron chi connectivity index (χ2n) is 9.86. The summed E-state index contributed by atoms with van der Waals surface area (Å²) in [5.74, 6) is 1.52. The minimum Gasteiger partial charge on any atom is -0.319 e. The van der Waals surface area contributed by atoms with Gasteiger partial charge in [0, 0.05) is 5.56 Å². The van der Waals surface area contributed by atoms with E-state index in [-0.39, 0.29) is 6.04 Å². The number of nitrogens with two attached hydrogens (primary N) is 1. The van der Waals surface area contributed by atoms with Gasteiger partial charge in [0.1, 0.15) is 0 Å². The molecule has 0 radical (unpaired) electrons. The highest BCUT2D eigenvalue weighted by atomic mass is 14.8. The number of rotatable bonds is 7. The van der Waals surface area contributed by atoms with Crippen LogP contribution in [0.25, 0.3) is 22.0 Å². The standard InChI is InChI=1S/C22H18N2.C9H18.C4H8/c23-22(17-9-2-1-3-10-17)21-15-7-14-20(24-21)19-13-6-11-16-8-4-5-12-18(16)19;1-8(2)6-5-7-9(3)4;1-3-4-2/h1-15,22H,23H2;5-6,8-9H,7H2,1-4H3;3H,1,4H2,2H3/b;6-5+;. The number of hydrogen-bond donors (Lipinski definition) is 1. The van der Waals surface area contributed by atoms with Crippen molar-refractivity contribution >= 4 is 10.8 Å². The second kappa shape index (κ2) is 16.3. The van der Waals surface area contributed by atoms with Gasteiger partial charge in [-0.25, -0.2) is 0 Å². The first kappa shape index (κ1) is 29.7. The molecule has 1 aromatic heterocycles. The first-order valence-corrected chi connectivity index (χ1v) is 13.4. The molecule has 1 unspecified atom stereocenters. The van der Waals surface area contributed by atoms with Crippen LogP contribution in [0.5, 0.6) is 0 Å². The van der Waals surface area contributed by atoms with Gasteiger partial charge in [-0.05, 0) is 53.1 Å². The van der Waals surface area contributed by atoms with Crippen LogP contribution in [-0.4, -0.2) is 4.98 Å². The monoisotopic (exact) mass is 492 g/mol. The van der Waals surface area contributed by atoms with E-state index in [4.69, 9.17) is 10.7 Å². The molecular weight excluding hydrogens is 448 g/mol. The Bertz CT molecular complexity index is 1220. The van der Waals surface area contributed by atoms with Crippen molar-refractivity contribution in [3.05, 3.63) is 127 Å². The van der Waals surface area contributed by atoms with Crippen molar-refractivity contribution in [1.29, 1.82) is 0 Å². The first-order chi connectivity index (χ1) is 17.9. The van der Waals surface area contributed by atoms with Gasteiger partial charge in [-0.15, -0.1) is 6.58 Å². The zero-order valence-electron chi connectivity index (χ0n) is 23.3. The summed E-state index contributed by atoms with van der Waals surface area (Å²) in [6, 6.07) is 30.6. The quantitative estimate of drug-likeness (QED) is 0.261. The Morgan fingerprint density at radius 2 is 1.43 bits per heavy atom. The summed E-state index contributed by atoms with van der Waals surface area (Å²) in [7, 11) is 0. The van der Waals surface area contributed by atoms with Crippen LogP contribution >= 0.6 is 0 Å². The largest absolute Gasteiger partial charge is 0.319 e. The highest BCUT2D eigenvalue weighted by molar-refractivity contribution is 5.95. The van der Waals surface area contributed by atoms with Crippen molar-refractivity contribution in [1.82, 2.24) is 4.98 Å². The fourth-order valence-electron chi connectivity index (χ4n) is 3.68. The van der Waals surface area contributed by atoms with E-state index >= 15 is 0 Å². The lowest BCUT2D eigenvalue weighted by atomic mass is 10.00. The van der Waals surface area contributed by atoms with Gasteiger partial charge in [0.15, 0.2) is 0 Å². The van der Waals surface area contributed by atoms with Crippen LogP contribution in [-0.2, 0) is 0 Å². The number of benzene rings is 3. The highest BCUT2D eigenvalue weighted by Crippen LogP contribution is 2.28. The maximum Gasteiger partial charge on any atom is 0.0726 e. The number of aromatic nitrogens is 1. The average Bonchev–Trinajstić information content (AvgIpc) is 2.93. The van der Waals surface area contributed by atoms with Crippen LogP contribution in [0.15, 0.2) is 116 Å². The van der Waals surface area contributed by atoms with Crippen molar-refractivity contribution in [2.45, 2.75) is 53.5 Å². The van der Waals surface area contributed by atoms with Crippen molar-refractivity contribution < 1.29 is 0 Å². The Labute approximate surface area is 225 Å². The molecule has 37 heavy (non-hydrogen) atoms. The molecule has 2 N–H and O–H groups in total. The van der Waals surface area contributed by atoms with E-state index in [1.807, 2.05) is 54.6 Å². The zero-order valence-corrected chi connectivity index (χ0v) is 23.3. The van der Waals surface area contributed by atoms with Crippen LogP contribution in [0.3, 0.4) is 0 Å². The number of fused-ring (bicyclic) bond motifs is 1. The fourth-order valence-corrected chi connectivity index (χ4v) is 3.68. The van der Waals surface area contributed by atoms with Gasteiger partial charge in [-0.3, -0.25) is 4.98 Å². The summed E-state index contributed by atoms with van der Waals surface area (Å²) in [6.07, 6.45) is 8.72. The maximum absolute atomic E-state index is 6.41. The highest BCUT2D eigenvalue weighted by Gasteiger charge is 2.12. The van der Waals surface area contributed by atoms with Crippen molar-refractivity contribution in [3.8, 4) is 11.3 Å². The number of pyridine rings is 1. The molecule has 0 saturated carbocycles. The number of nitrogens with zero attached hydrogens (tertiary/aromatic N) is 1. The van der Waals surface area contributed by atoms with E-state index < -0.39 is 0 Å². The predicted octanol–water partition coefficient (Wildman–Crippen LogP) is 9.78. The smallest absolute Gasteiger partial charge is 0.0726 e. The molecule has 0 saturated heterocycles. The van der Waals surface area contributed by atoms with Crippen molar-refractivity contribution in [2.24, 2.45) is 17.6 Å². The van der Waals surface area contributed by atoms with Gasteiger partial charge >= 0.3 is 0 Å². The normalized spacial score (nSPS) is 11.6. The molecule has 0 aliphatic rings. The van der Waals surface area contributed by atoms with Gasteiger partial charge in [0.2, 0.25) is 0 Å². The summed E-state index contributed by atoms with van der Waals surface area (Å²) in [4.78, 5) is 4.84. The number of hydrogen-bond acceptors (Lipinski definition) is 2. The van der Waals surface area contributed by atoms with E-state index in [1.54, 1.807) is 0 Å². The Hall–Kier alpha value is -3.49. The molecule has 2 nitrogen and oxygen atoms in total. The average molecular weight is 493 g/mol. The van der Waals surface area contributed by atoms with Gasteiger partial charge in [-0.1, -0.05) is 132 Å². The van der Waals surface area contributed by atoms with E-state index in [0.29, 0.717) is 5.92 Å². The molecule has 0 aliphatic carbocycles. The molecule has 194 valence electrons. The minimum absolute atomic E-state index is 0.221. The molecule has 4 rings (SSSR count). The van der Waals surface area contributed by atoms with Crippen LogP contribution in [0.2, 0.25) is 0 Å². The molecular formula is C35H44N2. The first-order valence-electron chi connectivity index (χ1n) is 13.4. The van der Waals surface area contributed by atoms with Crippen LogP contribution in [0.4, 0.5) is 0 Å². The van der Waals surface area contributed by atoms with E-state index in [2.05, 4.69) is 95.8 Å². The summed E-state index contributed by atoms with van der Waals surface area (Å²) in [5, 5.41) is 2.42. The van der Waals surface area contributed by atoms with E-state index in [0.717, 1.165) is 34.9 Å². The molecule has 4 aromatic rings. The van der Waals surface area contributed by atoms with Crippen molar-refractivity contribution in [2.75, 3.05) is 0 Å². The summed E-state index contributed by atoms with van der Waals surface area (Å²) >= 11 is 0. The van der Waals surface area contributed by atoms with Crippen LogP contribution in [0.1, 0.15) is 64.8 Å². The lowest BCUT2D eigenvalue weighted by molar-refractivity contribution is 0.659. The second-order valence-corrected chi connectivity index (χ2v) is 9.86. The topological polar surface area (TPSA) is 38.9 Å². The summed E-state index contributed by atoms with van der Waals surface area (Å²) in [6.45, 7) is 14.4. The Kier molecular flexibility index (Phi) is 13.1. The van der Waals surface area contributed by atoms with E-state index in [9.17, 15) is 0 Å². The molecule has 0 aliphatic heterocycles. The predicted molar refractivity (Wildman–Crippen MR) is 164 cm³/mol. The molecule has 0 bridgehead atoms. The summed E-state index contributed by atoms with van der Waals surface area (Å²) < 4.78 is 0. The molecule has 1 atom stereocenters. The van der Waals surface area contributed by atoms with Crippen LogP contribution in [0, 0.1) is 11.8 Å². The third-order valence-electron chi connectivity index (χ3n) is 5.73. The van der Waals surface area contributed by atoms with Gasteiger partial charge in [0.25, 0.3) is 0 Å². The molecule has 0 spiro atoms. The molecule has 1 heterocycles. The fraction of sp³-hybridized carbons (Fsp3) is 0.286. The number of allylic oxidation sites excluding steroid dienone is 3. The Morgan fingerprint density at radius 3 is 2.08 bits per heavy atom. The van der Waals surface area contributed by atoms with Crippen LogP contribution < -0.4 is 5.73 Å². The molecule has 0 amide bonds.